The molecule has 0 unspecified atom stereocenters. The van der Waals surface area contributed by atoms with E-state index in [2.05, 4.69) is 74.4 Å². The van der Waals surface area contributed by atoms with Crippen molar-refractivity contribution in [1.82, 2.24) is 0 Å². The number of hydrogen-bond acceptors (Lipinski definition) is 7. The molecule has 0 bridgehead atoms. The number of ether oxygens (including phenoxy) is 5. The molecule has 0 aromatic heterocycles. The Morgan fingerprint density at radius 2 is 1.27 bits per heavy atom. The van der Waals surface area contributed by atoms with Gasteiger partial charge in [-0.3, -0.25) is 4.79 Å². The van der Waals surface area contributed by atoms with Crippen LogP contribution in [0.3, 0.4) is 0 Å². The predicted octanol–water partition coefficient (Wildman–Crippen LogP) is 9.65. The third-order valence-electron chi connectivity index (χ3n) is 9.92. The lowest BCUT2D eigenvalue weighted by atomic mass is 9.83. The maximum Gasteiger partial charge on any atom is 0.200 e. The fourth-order valence-electron chi connectivity index (χ4n) is 7.27. The zero-order valence-corrected chi connectivity index (χ0v) is 33.4. The first-order chi connectivity index (χ1) is 23.3. The standard InChI is InChI=1S/C41H66O7Si/c1-29(2)49(30(3)4,31(5)6)48-25-33(8)39(42)23-18-32(7)40(46-27-37-19-21-38(44-12)22-20-37)35(10)41(34(9)24-45-28-43-11)47-26-36-16-14-13-15-17-36/h13-23,29-35,40-41H,24-28H2,1-12H3/b23-18+/t32-,33+,34-,35+,40-,41-/m0/s1. The summed E-state index contributed by atoms with van der Waals surface area (Å²) in [6.45, 7) is 24.1. The Morgan fingerprint density at radius 3 is 1.80 bits per heavy atom. The van der Waals surface area contributed by atoms with Crippen molar-refractivity contribution in [3.63, 3.8) is 0 Å². The number of methoxy groups -OCH3 is 2. The zero-order valence-electron chi connectivity index (χ0n) is 32.4. The molecule has 0 saturated heterocycles. The number of hydrogen-bond donors (Lipinski definition) is 0. The van der Waals surface area contributed by atoms with E-state index in [-0.39, 0.29) is 48.5 Å². The van der Waals surface area contributed by atoms with Crippen LogP contribution in [0.1, 0.15) is 80.4 Å². The summed E-state index contributed by atoms with van der Waals surface area (Å²) in [4.78, 5) is 13.5. The Hall–Kier alpha value is -2.33. The molecule has 2 aromatic rings. The second-order valence-electron chi connectivity index (χ2n) is 14.6. The minimum absolute atomic E-state index is 0.0339. The molecule has 0 aliphatic carbocycles. The van der Waals surface area contributed by atoms with E-state index < -0.39 is 8.32 Å². The normalized spacial score (nSPS) is 16.2. The summed E-state index contributed by atoms with van der Waals surface area (Å²) in [6.07, 6.45) is 3.32. The maximum atomic E-state index is 13.5. The Bertz CT molecular complexity index is 1190. The molecule has 276 valence electrons. The summed E-state index contributed by atoms with van der Waals surface area (Å²) in [5.74, 6) is 0.594. The molecule has 0 N–H and O–H groups in total. The summed E-state index contributed by atoms with van der Waals surface area (Å²) >= 11 is 0. The zero-order chi connectivity index (χ0) is 36.6. The van der Waals surface area contributed by atoms with E-state index in [1.165, 1.54) is 0 Å². The molecule has 0 spiro atoms. The molecule has 2 rings (SSSR count). The second kappa shape index (κ2) is 21.8. The van der Waals surface area contributed by atoms with Gasteiger partial charge < -0.3 is 28.1 Å². The van der Waals surface area contributed by atoms with Gasteiger partial charge in [0.05, 0.1) is 39.1 Å². The molecular weight excluding hydrogens is 633 g/mol. The van der Waals surface area contributed by atoms with Crippen LogP contribution in [0, 0.1) is 23.7 Å². The van der Waals surface area contributed by atoms with E-state index in [9.17, 15) is 4.79 Å². The fraction of sp³-hybridized carbons (Fsp3) is 0.634. The van der Waals surface area contributed by atoms with Gasteiger partial charge in [0.1, 0.15) is 12.5 Å². The van der Waals surface area contributed by atoms with Gasteiger partial charge in [-0.15, -0.1) is 0 Å². The van der Waals surface area contributed by atoms with Crippen LogP contribution in [0.2, 0.25) is 16.6 Å². The average molecular weight is 699 g/mol. The smallest absolute Gasteiger partial charge is 0.200 e. The highest BCUT2D eigenvalue weighted by molar-refractivity contribution is 6.77. The van der Waals surface area contributed by atoms with Crippen LogP contribution >= 0.6 is 0 Å². The largest absolute Gasteiger partial charge is 0.497 e. The van der Waals surface area contributed by atoms with Gasteiger partial charge in [-0.1, -0.05) is 118 Å². The third-order valence-corrected chi connectivity index (χ3v) is 16.0. The molecule has 7 nitrogen and oxygen atoms in total. The van der Waals surface area contributed by atoms with Gasteiger partial charge >= 0.3 is 0 Å². The summed E-state index contributed by atoms with van der Waals surface area (Å²) in [6, 6.07) is 18.1. The van der Waals surface area contributed by atoms with Crippen molar-refractivity contribution in [2.75, 3.05) is 34.2 Å². The molecular formula is C41H66O7Si. The topological polar surface area (TPSA) is 72.5 Å². The van der Waals surface area contributed by atoms with Crippen LogP contribution in [0.15, 0.2) is 66.7 Å². The van der Waals surface area contributed by atoms with Gasteiger partial charge in [0.15, 0.2) is 14.1 Å². The average Bonchev–Trinajstić information content (AvgIpc) is 3.07. The number of benzene rings is 2. The number of rotatable bonds is 24. The highest BCUT2D eigenvalue weighted by Gasteiger charge is 2.45. The molecule has 0 aliphatic heterocycles. The highest BCUT2D eigenvalue weighted by atomic mass is 28.4. The van der Waals surface area contributed by atoms with Gasteiger partial charge in [0.2, 0.25) is 0 Å². The Kier molecular flexibility index (Phi) is 19.0. The van der Waals surface area contributed by atoms with Gasteiger partial charge in [-0.25, -0.2) is 0 Å². The van der Waals surface area contributed by atoms with Gasteiger partial charge in [0.25, 0.3) is 0 Å². The molecule has 6 atom stereocenters. The van der Waals surface area contributed by atoms with E-state index >= 15 is 0 Å². The lowest BCUT2D eigenvalue weighted by Gasteiger charge is -2.42. The Balaban J connectivity index is 2.31. The van der Waals surface area contributed by atoms with Gasteiger partial charge in [0, 0.05) is 37.4 Å². The summed E-state index contributed by atoms with van der Waals surface area (Å²) in [7, 11) is 1.22. The molecule has 0 amide bonds. The van der Waals surface area contributed by atoms with E-state index in [0.29, 0.717) is 43.1 Å². The SMILES string of the molecule is COCOC[C@H](C)[C@H](OCc1ccccc1)[C@H](C)[C@@H](OCc1ccc(OC)cc1)[C@@H](C)/C=C/C(=O)[C@H](C)CO[Si](C(C)C)(C(C)C)C(C)C. The lowest BCUT2D eigenvalue weighted by molar-refractivity contribution is -0.121. The van der Waals surface area contributed by atoms with Crippen molar-refractivity contribution in [2.45, 2.75) is 111 Å². The van der Waals surface area contributed by atoms with Crippen LogP contribution in [0.25, 0.3) is 0 Å². The minimum atomic E-state index is -2.07. The van der Waals surface area contributed by atoms with Crippen molar-refractivity contribution in [3.8, 4) is 5.75 Å². The van der Waals surface area contributed by atoms with Crippen molar-refractivity contribution >= 4 is 14.1 Å². The summed E-state index contributed by atoms with van der Waals surface area (Å²) in [5.41, 5.74) is 3.55. The van der Waals surface area contributed by atoms with E-state index in [0.717, 1.165) is 16.9 Å². The van der Waals surface area contributed by atoms with E-state index in [1.807, 2.05) is 55.5 Å². The first-order valence-electron chi connectivity index (χ1n) is 18.1. The van der Waals surface area contributed by atoms with E-state index in [1.54, 1.807) is 20.3 Å². The second-order valence-corrected chi connectivity index (χ2v) is 20.1. The molecule has 0 saturated carbocycles. The predicted molar refractivity (Wildman–Crippen MR) is 202 cm³/mol. The summed E-state index contributed by atoms with van der Waals surface area (Å²) in [5, 5.41) is 0. The number of carbonyl (C=O) groups is 1. The molecule has 49 heavy (non-hydrogen) atoms. The van der Waals surface area contributed by atoms with Crippen LogP contribution < -0.4 is 4.74 Å². The first kappa shape index (κ1) is 42.8. The number of ketones is 1. The van der Waals surface area contributed by atoms with E-state index in [4.69, 9.17) is 28.1 Å². The van der Waals surface area contributed by atoms with Crippen LogP contribution in [0.4, 0.5) is 0 Å². The van der Waals surface area contributed by atoms with Gasteiger partial charge in [-0.2, -0.15) is 0 Å². The number of allylic oxidation sites excluding steroid dienone is 1. The Labute approximate surface area is 299 Å². The first-order valence-corrected chi connectivity index (χ1v) is 20.2. The molecule has 8 heteroatoms. The quantitative estimate of drug-likeness (QED) is 0.0468. The van der Waals surface area contributed by atoms with Crippen molar-refractivity contribution in [2.24, 2.45) is 23.7 Å². The fourth-order valence-corrected chi connectivity index (χ4v) is 12.8. The van der Waals surface area contributed by atoms with Crippen LogP contribution in [-0.2, 0) is 41.4 Å². The molecule has 2 aromatic carbocycles. The summed E-state index contributed by atoms with van der Waals surface area (Å²) < 4.78 is 36.5. The number of carbonyl (C=O) groups excluding carboxylic acids is 1. The maximum absolute atomic E-state index is 13.5. The molecule has 0 heterocycles. The lowest BCUT2D eigenvalue weighted by Crippen LogP contribution is -2.48. The van der Waals surface area contributed by atoms with Crippen molar-refractivity contribution < 1.29 is 32.9 Å². The third kappa shape index (κ3) is 13.1. The van der Waals surface area contributed by atoms with Crippen molar-refractivity contribution in [1.29, 1.82) is 0 Å². The monoisotopic (exact) mass is 698 g/mol. The van der Waals surface area contributed by atoms with Crippen LogP contribution in [0.5, 0.6) is 5.75 Å². The molecule has 0 fully saturated rings. The molecule has 0 radical (unpaired) electrons. The van der Waals surface area contributed by atoms with Gasteiger partial charge in [-0.05, 0) is 46.0 Å². The van der Waals surface area contributed by atoms with Crippen molar-refractivity contribution in [3.05, 3.63) is 77.9 Å². The van der Waals surface area contributed by atoms with Crippen LogP contribution in [-0.4, -0.2) is 60.5 Å². The highest BCUT2D eigenvalue weighted by Crippen LogP contribution is 2.42. The molecule has 0 aliphatic rings. The minimum Gasteiger partial charge on any atom is -0.497 e. The Morgan fingerprint density at radius 1 is 0.714 bits per heavy atom.